The second kappa shape index (κ2) is 6.57. The SMILES string of the molecule is CC(C)CCNc1ncnc(-n2nnc3ccccc32)c1[N+](=O)[O-]. The van der Waals surface area contributed by atoms with E-state index in [9.17, 15) is 10.1 Å². The van der Waals surface area contributed by atoms with E-state index in [0.717, 1.165) is 6.42 Å². The molecule has 9 nitrogen and oxygen atoms in total. The minimum atomic E-state index is -0.497. The van der Waals surface area contributed by atoms with E-state index in [4.69, 9.17) is 0 Å². The second-order valence-electron chi connectivity index (χ2n) is 5.75. The molecule has 2 aromatic heterocycles. The monoisotopic (exact) mass is 327 g/mol. The van der Waals surface area contributed by atoms with Crippen LogP contribution in [0.3, 0.4) is 0 Å². The predicted octanol–water partition coefficient (Wildman–Crippen LogP) is 2.58. The standard InChI is InChI=1S/C15H17N7O2/c1-10(2)7-8-16-14-13(22(23)24)15(18-9-17-14)21-12-6-4-3-5-11(12)19-20-21/h3-6,9-10H,7-8H2,1-2H3,(H,16,17,18). The summed E-state index contributed by atoms with van der Waals surface area (Å²) in [5, 5.41) is 22.6. The number of nitrogens with zero attached hydrogens (tertiary/aromatic N) is 6. The van der Waals surface area contributed by atoms with Gasteiger partial charge in [0.15, 0.2) is 0 Å². The molecule has 0 radical (unpaired) electrons. The Morgan fingerprint density at radius 1 is 1.29 bits per heavy atom. The number of nitrogens with one attached hydrogen (secondary N) is 1. The fourth-order valence-corrected chi connectivity index (χ4v) is 2.33. The number of nitro groups is 1. The van der Waals surface area contributed by atoms with Gasteiger partial charge in [-0.25, -0.2) is 9.97 Å². The van der Waals surface area contributed by atoms with Gasteiger partial charge in [-0.15, -0.1) is 5.10 Å². The third kappa shape index (κ3) is 3.00. The molecule has 0 amide bonds. The van der Waals surface area contributed by atoms with Gasteiger partial charge >= 0.3 is 5.69 Å². The van der Waals surface area contributed by atoms with Crippen molar-refractivity contribution < 1.29 is 4.92 Å². The lowest BCUT2D eigenvalue weighted by atomic mass is 10.1. The summed E-state index contributed by atoms with van der Waals surface area (Å²) in [6.45, 7) is 4.76. The van der Waals surface area contributed by atoms with E-state index in [1.54, 1.807) is 12.1 Å². The first-order valence-corrected chi connectivity index (χ1v) is 7.62. The van der Waals surface area contributed by atoms with Gasteiger partial charge in [0, 0.05) is 6.54 Å². The maximum Gasteiger partial charge on any atom is 0.355 e. The summed E-state index contributed by atoms with van der Waals surface area (Å²) < 4.78 is 1.36. The van der Waals surface area contributed by atoms with Gasteiger partial charge in [0.25, 0.3) is 0 Å². The maximum atomic E-state index is 11.6. The maximum absolute atomic E-state index is 11.6. The highest BCUT2D eigenvalue weighted by Crippen LogP contribution is 2.29. The van der Waals surface area contributed by atoms with E-state index in [1.807, 2.05) is 12.1 Å². The van der Waals surface area contributed by atoms with Gasteiger partial charge in [-0.1, -0.05) is 31.2 Å². The van der Waals surface area contributed by atoms with Gasteiger partial charge in [-0.05, 0) is 24.5 Å². The number of benzene rings is 1. The molecule has 0 saturated heterocycles. The van der Waals surface area contributed by atoms with Crippen molar-refractivity contribution in [2.24, 2.45) is 5.92 Å². The molecule has 2 heterocycles. The number of para-hydroxylation sites is 1. The Hall–Kier alpha value is -3.10. The van der Waals surface area contributed by atoms with Crippen molar-refractivity contribution in [2.75, 3.05) is 11.9 Å². The minimum Gasteiger partial charge on any atom is -0.364 e. The molecular weight excluding hydrogens is 310 g/mol. The van der Waals surface area contributed by atoms with Crippen LogP contribution in [0.4, 0.5) is 11.5 Å². The number of aromatic nitrogens is 5. The van der Waals surface area contributed by atoms with Crippen LogP contribution in [-0.4, -0.2) is 36.4 Å². The first kappa shape index (κ1) is 15.8. The molecule has 0 aliphatic heterocycles. The average Bonchev–Trinajstić information content (AvgIpc) is 2.98. The van der Waals surface area contributed by atoms with Gasteiger partial charge < -0.3 is 5.32 Å². The van der Waals surface area contributed by atoms with Crippen LogP contribution >= 0.6 is 0 Å². The van der Waals surface area contributed by atoms with Crippen molar-refractivity contribution >= 4 is 22.5 Å². The number of hydrogen-bond acceptors (Lipinski definition) is 7. The van der Waals surface area contributed by atoms with E-state index in [-0.39, 0.29) is 17.3 Å². The summed E-state index contributed by atoms with van der Waals surface area (Å²) in [4.78, 5) is 19.2. The summed E-state index contributed by atoms with van der Waals surface area (Å²) in [5.41, 5.74) is 1.07. The summed E-state index contributed by atoms with van der Waals surface area (Å²) in [5.74, 6) is 0.762. The van der Waals surface area contributed by atoms with Gasteiger partial charge in [-0.3, -0.25) is 10.1 Å². The Balaban J connectivity index is 2.06. The summed E-state index contributed by atoms with van der Waals surface area (Å²) in [6.07, 6.45) is 2.17. The Bertz CT molecular complexity index is 875. The molecule has 124 valence electrons. The highest BCUT2D eigenvalue weighted by molar-refractivity contribution is 5.77. The first-order chi connectivity index (χ1) is 11.6. The molecule has 0 atom stereocenters. The molecule has 1 N–H and O–H groups in total. The molecule has 1 aromatic carbocycles. The smallest absolute Gasteiger partial charge is 0.355 e. The van der Waals surface area contributed by atoms with Gasteiger partial charge in [-0.2, -0.15) is 4.68 Å². The molecule has 3 rings (SSSR count). The molecule has 0 fully saturated rings. The first-order valence-electron chi connectivity index (χ1n) is 7.62. The minimum absolute atomic E-state index is 0.0933. The quantitative estimate of drug-likeness (QED) is 0.547. The molecular formula is C15H17N7O2. The largest absolute Gasteiger partial charge is 0.364 e. The van der Waals surface area contributed by atoms with Crippen molar-refractivity contribution in [3.8, 4) is 5.82 Å². The van der Waals surface area contributed by atoms with Gasteiger partial charge in [0.05, 0.1) is 10.4 Å². The Kier molecular flexibility index (Phi) is 4.32. The lowest BCUT2D eigenvalue weighted by Crippen LogP contribution is -2.12. The van der Waals surface area contributed by atoms with Crippen molar-refractivity contribution in [1.29, 1.82) is 0 Å². The van der Waals surface area contributed by atoms with Crippen LogP contribution in [0.25, 0.3) is 16.9 Å². The fourth-order valence-electron chi connectivity index (χ4n) is 2.33. The van der Waals surface area contributed by atoms with E-state index in [2.05, 4.69) is 39.4 Å². The highest BCUT2D eigenvalue weighted by atomic mass is 16.6. The molecule has 0 aliphatic carbocycles. The Labute approximate surface area is 137 Å². The second-order valence-corrected chi connectivity index (χ2v) is 5.75. The third-order valence-electron chi connectivity index (χ3n) is 3.55. The van der Waals surface area contributed by atoms with Crippen LogP contribution in [0, 0.1) is 16.0 Å². The number of anilines is 1. The summed E-state index contributed by atoms with van der Waals surface area (Å²) in [7, 11) is 0. The summed E-state index contributed by atoms with van der Waals surface area (Å²) in [6, 6.07) is 7.21. The normalized spacial score (nSPS) is 11.1. The predicted molar refractivity (Wildman–Crippen MR) is 89.1 cm³/mol. The summed E-state index contributed by atoms with van der Waals surface area (Å²) >= 11 is 0. The van der Waals surface area contributed by atoms with E-state index < -0.39 is 4.92 Å². The average molecular weight is 327 g/mol. The Morgan fingerprint density at radius 2 is 2.08 bits per heavy atom. The molecule has 3 aromatic rings. The number of fused-ring (bicyclic) bond motifs is 1. The Morgan fingerprint density at radius 3 is 2.83 bits per heavy atom. The van der Waals surface area contributed by atoms with Crippen molar-refractivity contribution in [1.82, 2.24) is 25.0 Å². The number of rotatable bonds is 6. The van der Waals surface area contributed by atoms with Crippen LogP contribution in [0.5, 0.6) is 0 Å². The van der Waals surface area contributed by atoms with E-state index >= 15 is 0 Å². The number of hydrogen-bond donors (Lipinski definition) is 1. The molecule has 0 spiro atoms. The molecule has 9 heteroatoms. The van der Waals surface area contributed by atoms with Crippen molar-refractivity contribution in [3.63, 3.8) is 0 Å². The van der Waals surface area contributed by atoms with Crippen LogP contribution in [0.15, 0.2) is 30.6 Å². The van der Waals surface area contributed by atoms with Crippen LogP contribution in [0.2, 0.25) is 0 Å². The van der Waals surface area contributed by atoms with Crippen molar-refractivity contribution in [2.45, 2.75) is 20.3 Å². The molecule has 24 heavy (non-hydrogen) atoms. The zero-order valence-electron chi connectivity index (χ0n) is 13.4. The van der Waals surface area contributed by atoms with Crippen molar-refractivity contribution in [3.05, 3.63) is 40.7 Å². The van der Waals surface area contributed by atoms with Crippen LogP contribution in [0.1, 0.15) is 20.3 Å². The highest BCUT2D eigenvalue weighted by Gasteiger charge is 2.26. The van der Waals surface area contributed by atoms with E-state index in [1.165, 1.54) is 11.0 Å². The van der Waals surface area contributed by atoms with Gasteiger partial charge in [0.2, 0.25) is 11.6 Å². The topological polar surface area (TPSA) is 112 Å². The zero-order chi connectivity index (χ0) is 17.1. The lowest BCUT2D eigenvalue weighted by molar-refractivity contribution is -0.384. The molecule has 0 aliphatic rings. The van der Waals surface area contributed by atoms with Crippen LogP contribution < -0.4 is 5.32 Å². The van der Waals surface area contributed by atoms with Crippen LogP contribution in [-0.2, 0) is 0 Å². The fraction of sp³-hybridized carbons (Fsp3) is 0.333. The zero-order valence-corrected chi connectivity index (χ0v) is 13.4. The molecule has 0 unspecified atom stereocenters. The van der Waals surface area contributed by atoms with Gasteiger partial charge in [0.1, 0.15) is 11.8 Å². The molecule has 0 bridgehead atoms. The van der Waals surface area contributed by atoms with E-state index in [0.29, 0.717) is 23.5 Å². The lowest BCUT2D eigenvalue weighted by Gasteiger charge is -2.09. The molecule has 0 saturated carbocycles. The third-order valence-corrected chi connectivity index (χ3v) is 3.55.